The zero-order chi connectivity index (χ0) is 19.1. The van der Waals surface area contributed by atoms with Crippen molar-refractivity contribution in [3.8, 4) is 5.75 Å². The van der Waals surface area contributed by atoms with E-state index in [-0.39, 0.29) is 23.7 Å². The highest BCUT2D eigenvalue weighted by molar-refractivity contribution is 7.98. The number of esters is 2. The highest BCUT2D eigenvalue weighted by atomic mass is 32.2. The first-order valence-corrected chi connectivity index (χ1v) is 9.62. The summed E-state index contributed by atoms with van der Waals surface area (Å²) < 4.78 is 10.3. The van der Waals surface area contributed by atoms with Gasteiger partial charge in [0.05, 0.1) is 19.2 Å². The predicted octanol–water partition coefficient (Wildman–Crippen LogP) is 4.25. The summed E-state index contributed by atoms with van der Waals surface area (Å²) in [6.45, 7) is 0. The van der Waals surface area contributed by atoms with Gasteiger partial charge >= 0.3 is 11.9 Å². The number of pyridine rings is 1. The van der Waals surface area contributed by atoms with Gasteiger partial charge in [-0.3, -0.25) is 9.78 Å². The first-order valence-electron chi connectivity index (χ1n) is 8.47. The van der Waals surface area contributed by atoms with E-state index in [9.17, 15) is 9.59 Å². The molecular weight excluding hydrogens is 362 g/mol. The summed E-state index contributed by atoms with van der Waals surface area (Å²) in [6, 6.07) is 16.7. The summed E-state index contributed by atoms with van der Waals surface area (Å²) in [5, 5.41) is 1.76. The lowest BCUT2D eigenvalue weighted by Crippen LogP contribution is -2.12. The fourth-order valence-electron chi connectivity index (χ4n) is 2.56. The van der Waals surface area contributed by atoms with Gasteiger partial charge in [0, 0.05) is 17.7 Å². The third-order valence-corrected chi connectivity index (χ3v) is 4.90. The molecule has 0 aliphatic rings. The summed E-state index contributed by atoms with van der Waals surface area (Å²) in [6.07, 6.45) is 1.99. The van der Waals surface area contributed by atoms with Crippen LogP contribution in [0.25, 0.3) is 10.8 Å². The maximum atomic E-state index is 12.2. The van der Waals surface area contributed by atoms with Gasteiger partial charge in [-0.1, -0.05) is 30.3 Å². The number of benzene rings is 2. The van der Waals surface area contributed by atoms with Crippen LogP contribution in [0.4, 0.5) is 0 Å². The van der Waals surface area contributed by atoms with Crippen LogP contribution in [-0.2, 0) is 15.3 Å². The number of carbonyl (C=O) groups is 2. The lowest BCUT2D eigenvalue weighted by atomic mass is 10.1. The normalized spacial score (nSPS) is 10.6. The summed E-state index contributed by atoms with van der Waals surface area (Å²) in [4.78, 5) is 28.5. The van der Waals surface area contributed by atoms with Crippen LogP contribution >= 0.6 is 11.8 Å². The van der Waals surface area contributed by atoms with E-state index in [0.29, 0.717) is 5.75 Å². The number of hydrogen-bond acceptors (Lipinski definition) is 6. The standard InChI is InChI=1S/C21H19NO4S/c1-25-21(24)18-12-15-6-2-3-7-16(15)13-19(18)26-20(23)9-11-27-14-17-8-4-5-10-22-17/h2-8,10,12-13H,9,11,14H2,1H3. The number of rotatable bonds is 7. The van der Waals surface area contributed by atoms with Gasteiger partial charge in [-0.25, -0.2) is 4.79 Å². The van der Waals surface area contributed by atoms with Crippen molar-refractivity contribution in [2.75, 3.05) is 12.9 Å². The molecule has 0 saturated heterocycles. The Morgan fingerprint density at radius 2 is 1.78 bits per heavy atom. The molecule has 0 N–H and O–H groups in total. The Hall–Kier alpha value is -2.86. The lowest BCUT2D eigenvalue weighted by molar-refractivity contribution is -0.133. The highest BCUT2D eigenvalue weighted by Crippen LogP contribution is 2.27. The van der Waals surface area contributed by atoms with Crippen molar-refractivity contribution >= 4 is 34.5 Å². The molecular formula is C21H19NO4S. The first kappa shape index (κ1) is 18.9. The van der Waals surface area contributed by atoms with E-state index in [1.807, 2.05) is 42.5 Å². The number of carbonyl (C=O) groups excluding carboxylic acids is 2. The molecule has 0 radical (unpaired) electrons. The predicted molar refractivity (Wildman–Crippen MR) is 106 cm³/mol. The molecule has 0 aliphatic heterocycles. The number of ether oxygens (including phenoxy) is 2. The number of aromatic nitrogens is 1. The van der Waals surface area contributed by atoms with Crippen molar-refractivity contribution in [1.29, 1.82) is 0 Å². The van der Waals surface area contributed by atoms with Gasteiger partial charge in [-0.2, -0.15) is 11.8 Å². The van der Waals surface area contributed by atoms with Crippen molar-refractivity contribution in [3.05, 3.63) is 72.1 Å². The summed E-state index contributed by atoms with van der Waals surface area (Å²) >= 11 is 1.61. The Kier molecular flexibility index (Phi) is 6.44. The number of methoxy groups -OCH3 is 1. The highest BCUT2D eigenvalue weighted by Gasteiger charge is 2.17. The monoisotopic (exact) mass is 381 g/mol. The van der Waals surface area contributed by atoms with Crippen molar-refractivity contribution < 1.29 is 19.1 Å². The minimum absolute atomic E-state index is 0.222. The van der Waals surface area contributed by atoms with Crippen molar-refractivity contribution in [2.45, 2.75) is 12.2 Å². The maximum Gasteiger partial charge on any atom is 0.341 e. The van der Waals surface area contributed by atoms with E-state index < -0.39 is 5.97 Å². The Bertz CT molecular complexity index is 943. The second kappa shape index (κ2) is 9.19. The topological polar surface area (TPSA) is 65.5 Å². The molecule has 1 heterocycles. The molecule has 0 atom stereocenters. The van der Waals surface area contributed by atoms with E-state index in [0.717, 1.165) is 22.2 Å². The molecule has 27 heavy (non-hydrogen) atoms. The van der Waals surface area contributed by atoms with Gasteiger partial charge in [0.15, 0.2) is 0 Å². The molecule has 0 spiro atoms. The quantitative estimate of drug-likeness (QED) is 0.346. The smallest absolute Gasteiger partial charge is 0.341 e. The Morgan fingerprint density at radius 1 is 1.04 bits per heavy atom. The largest absolute Gasteiger partial charge is 0.465 e. The van der Waals surface area contributed by atoms with Crippen LogP contribution in [0.3, 0.4) is 0 Å². The van der Waals surface area contributed by atoms with Crippen LogP contribution in [0.2, 0.25) is 0 Å². The molecule has 0 amide bonds. The molecule has 1 aromatic heterocycles. The van der Waals surface area contributed by atoms with Crippen LogP contribution < -0.4 is 4.74 Å². The average molecular weight is 381 g/mol. The second-order valence-corrected chi connectivity index (χ2v) is 6.89. The molecule has 138 valence electrons. The number of hydrogen-bond donors (Lipinski definition) is 0. The first-order chi connectivity index (χ1) is 13.2. The van der Waals surface area contributed by atoms with Gasteiger partial charge in [0.25, 0.3) is 0 Å². The van der Waals surface area contributed by atoms with E-state index >= 15 is 0 Å². The minimum Gasteiger partial charge on any atom is -0.465 e. The maximum absolute atomic E-state index is 12.2. The van der Waals surface area contributed by atoms with E-state index in [2.05, 4.69) is 4.98 Å². The average Bonchev–Trinajstić information content (AvgIpc) is 2.71. The third-order valence-electron chi connectivity index (χ3n) is 3.90. The summed E-state index contributed by atoms with van der Waals surface area (Å²) in [5.74, 6) is 0.644. The zero-order valence-electron chi connectivity index (χ0n) is 14.9. The fraction of sp³-hybridized carbons (Fsp3) is 0.190. The number of thioether (sulfide) groups is 1. The minimum atomic E-state index is -0.534. The molecule has 2 aromatic carbocycles. The third kappa shape index (κ3) is 5.08. The van der Waals surface area contributed by atoms with E-state index in [4.69, 9.17) is 9.47 Å². The van der Waals surface area contributed by atoms with Crippen molar-refractivity contribution in [3.63, 3.8) is 0 Å². The van der Waals surface area contributed by atoms with E-state index in [1.54, 1.807) is 30.1 Å². The molecule has 0 unspecified atom stereocenters. The molecule has 6 heteroatoms. The van der Waals surface area contributed by atoms with Gasteiger partial charge in [-0.05, 0) is 35.0 Å². The van der Waals surface area contributed by atoms with Crippen molar-refractivity contribution in [1.82, 2.24) is 4.98 Å². The molecule has 3 aromatic rings. The Morgan fingerprint density at radius 3 is 2.48 bits per heavy atom. The zero-order valence-corrected chi connectivity index (χ0v) is 15.7. The van der Waals surface area contributed by atoms with E-state index in [1.165, 1.54) is 7.11 Å². The van der Waals surface area contributed by atoms with Crippen LogP contribution in [0.5, 0.6) is 5.75 Å². The van der Waals surface area contributed by atoms with Gasteiger partial charge in [0.2, 0.25) is 0 Å². The summed E-state index contributed by atoms with van der Waals surface area (Å²) in [7, 11) is 1.30. The van der Waals surface area contributed by atoms with Gasteiger partial charge in [0.1, 0.15) is 11.3 Å². The number of nitrogens with zero attached hydrogens (tertiary/aromatic N) is 1. The molecule has 0 fully saturated rings. The van der Waals surface area contributed by atoms with Gasteiger partial charge < -0.3 is 9.47 Å². The Balaban J connectivity index is 1.64. The fourth-order valence-corrected chi connectivity index (χ4v) is 3.40. The molecule has 5 nitrogen and oxygen atoms in total. The van der Waals surface area contributed by atoms with Gasteiger partial charge in [-0.15, -0.1) is 0 Å². The van der Waals surface area contributed by atoms with Crippen LogP contribution in [0, 0.1) is 0 Å². The van der Waals surface area contributed by atoms with Crippen molar-refractivity contribution in [2.24, 2.45) is 0 Å². The Labute approximate surface area is 161 Å². The SMILES string of the molecule is COC(=O)c1cc2ccccc2cc1OC(=O)CCSCc1ccccn1. The van der Waals surface area contributed by atoms with Crippen LogP contribution in [0.1, 0.15) is 22.5 Å². The summed E-state index contributed by atoms with van der Waals surface area (Å²) in [5.41, 5.74) is 1.21. The molecule has 3 rings (SSSR count). The number of fused-ring (bicyclic) bond motifs is 1. The second-order valence-electron chi connectivity index (χ2n) is 5.78. The van der Waals surface area contributed by atoms with Crippen LogP contribution in [-0.4, -0.2) is 29.8 Å². The molecule has 0 bridgehead atoms. The molecule has 0 saturated carbocycles. The lowest BCUT2D eigenvalue weighted by Gasteiger charge is -2.10. The van der Waals surface area contributed by atoms with Crippen LogP contribution in [0.15, 0.2) is 60.8 Å². The molecule has 0 aliphatic carbocycles.